The number of hydrogen-bond donors (Lipinski definition) is 1. The summed E-state index contributed by atoms with van der Waals surface area (Å²) in [7, 11) is 0. The van der Waals surface area contributed by atoms with Gasteiger partial charge in [-0.2, -0.15) is 0 Å². The van der Waals surface area contributed by atoms with Gasteiger partial charge >= 0.3 is 5.97 Å². The van der Waals surface area contributed by atoms with E-state index in [1.807, 2.05) is 0 Å². The Morgan fingerprint density at radius 3 is 2.79 bits per heavy atom. The van der Waals surface area contributed by atoms with Crippen LogP contribution in [0.15, 0.2) is 0 Å². The number of aliphatic carboxylic acids is 1. The molecular weight excluding hydrogens is 238 g/mol. The number of nitrogens with zero attached hydrogens (tertiary/aromatic N) is 1. The molecule has 19 heavy (non-hydrogen) atoms. The zero-order valence-electron chi connectivity index (χ0n) is 11.7. The molecule has 3 unspecified atom stereocenters. The zero-order valence-corrected chi connectivity index (χ0v) is 11.7. The first kappa shape index (κ1) is 12.2. The minimum Gasteiger partial charge on any atom is -0.481 e. The zero-order chi connectivity index (χ0) is 13.0. The normalized spacial score (nSPS) is 48.8. The fraction of sp³-hybridized carbons (Fsp3) is 0.938. The Kier molecular flexibility index (Phi) is 2.70. The third-order valence-corrected chi connectivity index (χ3v) is 6.74. The highest BCUT2D eigenvalue weighted by Crippen LogP contribution is 2.52. The van der Waals surface area contributed by atoms with Crippen molar-refractivity contribution < 1.29 is 9.90 Å². The largest absolute Gasteiger partial charge is 0.481 e. The lowest BCUT2D eigenvalue weighted by Crippen LogP contribution is -2.37. The second-order valence-corrected chi connectivity index (χ2v) is 7.68. The van der Waals surface area contributed by atoms with Crippen LogP contribution in [0, 0.1) is 29.1 Å². The lowest BCUT2D eigenvalue weighted by Gasteiger charge is -2.28. The molecule has 3 nitrogen and oxygen atoms in total. The van der Waals surface area contributed by atoms with E-state index in [-0.39, 0.29) is 5.41 Å². The molecule has 0 aromatic carbocycles. The van der Waals surface area contributed by atoms with Crippen LogP contribution in [0.5, 0.6) is 0 Å². The molecular formula is C16H25NO2. The van der Waals surface area contributed by atoms with Crippen LogP contribution in [0.4, 0.5) is 0 Å². The second-order valence-electron chi connectivity index (χ2n) is 7.68. The third kappa shape index (κ3) is 1.77. The Morgan fingerprint density at radius 2 is 2.16 bits per heavy atom. The van der Waals surface area contributed by atoms with E-state index in [0.717, 1.165) is 50.1 Å². The highest BCUT2D eigenvalue weighted by Gasteiger charge is 2.55. The summed E-state index contributed by atoms with van der Waals surface area (Å²) >= 11 is 0. The predicted octanol–water partition coefficient (Wildman–Crippen LogP) is 2.61. The summed E-state index contributed by atoms with van der Waals surface area (Å²) in [5.74, 6) is 2.76. The summed E-state index contributed by atoms with van der Waals surface area (Å²) in [6.07, 6.45) is 8.97. The van der Waals surface area contributed by atoms with Crippen LogP contribution in [0.25, 0.3) is 0 Å². The first-order chi connectivity index (χ1) is 9.17. The van der Waals surface area contributed by atoms with Gasteiger partial charge in [0.25, 0.3) is 0 Å². The number of carboxylic acid groups (broad SMARTS) is 1. The first-order valence-corrected chi connectivity index (χ1v) is 8.13. The molecule has 106 valence electrons. The monoisotopic (exact) mass is 263 g/mol. The molecule has 1 N–H and O–H groups in total. The molecule has 2 bridgehead atoms. The molecule has 0 amide bonds. The Morgan fingerprint density at radius 1 is 1.26 bits per heavy atom. The second kappa shape index (κ2) is 4.21. The number of fused-ring (bicyclic) bond motifs is 3. The average molecular weight is 263 g/mol. The van der Waals surface area contributed by atoms with Gasteiger partial charge in [-0.15, -0.1) is 0 Å². The number of carbonyl (C=O) groups is 1. The minimum atomic E-state index is -0.523. The van der Waals surface area contributed by atoms with E-state index in [0.29, 0.717) is 5.92 Å². The quantitative estimate of drug-likeness (QED) is 0.851. The molecule has 4 fully saturated rings. The van der Waals surface area contributed by atoms with Crippen molar-refractivity contribution in [2.24, 2.45) is 29.1 Å². The van der Waals surface area contributed by atoms with Gasteiger partial charge in [-0.3, -0.25) is 4.79 Å². The third-order valence-electron chi connectivity index (χ3n) is 6.74. The summed E-state index contributed by atoms with van der Waals surface area (Å²) < 4.78 is 0. The van der Waals surface area contributed by atoms with Gasteiger partial charge < -0.3 is 10.0 Å². The topological polar surface area (TPSA) is 40.5 Å². The van der Waals surface area contributed by atoms with Crippen molar-refractivity contribution in [1.29, 1.82) is 0 Å². The van der Waals surface area contributed by atoms with Crippen molar-refractivity contribution in [3.8, 4) is 0 Å². The molecule has 1 heterocycles. The molecule has 0 radical (unpaired) electrons. The van der Waals surface area contributed by atoms with E-state index < -0.39 is 5.97 Å². The van der Waals surface area contributed by atoms with E-state index in [4.69, 9.17) is 0 Å². The Balaban J connectivity index is 1.43. The Hall–Kier alpha value is -0.570. The molecule has 0 spiro atoms. The molecule has 4 aliphatic rings. The molecule has 3 saturated carbocycles. The predicted molar refractivity (Wildman–Crippen MR) is 72.8 cm³/mol. The number of rotatable bonds is 3. The maximum atomic E-state index is 11.7. The molecule has 1 saturated heterocycles. The SMILES string of the molecule is O=C(O)[C@@]12CCC[C@H]1CN(CC1CC3CCC1C3)C2. The number of carboxylic acids is 1. The molecule has 3 heteroatoms. The van der Waals surface area contributed by atoms with E-state index in [2.05, 4.69) is 4.90 Å². The fourth-order valence-electron chi connectivity index (χ4n) is 5.81. The van der Waals surface area contributed by atoms with Crippen LogP contribution in [0.3, 0.4) is 0 Å². The summed E-state index contributed by atoms with van der Waals surface area (Å²) in [5.41, 5.74) is -0.377. The summed E-state index contributed by atoms with van der Waals surface area (Å²) in [4.78, 5) is 14.2. The fourth-order valence-corrected chi connectivity index (χ4v) is 5.81. The van der Waals surface area contributed by atoms with Crippen LogP contribution in [0.2, 0.25) is 0 Å². The molecule has 0 aromatic rings. The van der Waals surface area contributed by atoms with Crippen LogP contribution in [-0.4, -0.2) is 35.6 Å². The maximum Gasteiger partial charge on any atom is 0.311 e. The van der Waals surface area contributed by atoms with Crippen molar-refractivity contribution in [3.63, 3.8) is 0 Å². The summed E-state index contributed by atoms with van der Waals surface area (Å²) in [5, 5.41) is 9.63. The number of hydrogen-bond acceptors (Lipinski definition) is 2. The molecule has 5 atom stereocenters. The van der Waals surface area contributed by atoms with Crippen molar-refractivity contribution in [1.82, 2.24) is 4.90 Å². The average Bonchev–Trinajstić information content (AvgIpc) is 3.05. The smallest absolute Gasteiger partial charge is 0.311 e. The van der Waals surface area contributed by atoms with Gasteiger partial charge in [-0.1, -0.05) is 12.8 Å². The van der Waals surface area contributed by atoms with Crippen molar-refractivity contribution in [3.05, 3.63) is 0 Å². The van der Waals surface area contributed by atoms with Crippen molar-refractivity contribution in [2.45, 2.75) is 44.9 Å². The van der Waals surface area contributed by atoms with Crippen molar-refractivity contribution in [2.75, 3.05) is 19.6 Å². The van der Waals surface area contributed by atoms with Gasteiger partial charge in [-0.05, 0) is 55.8 Å². The molecule has 4 rings (SSSR count). The standard InChI is InChI=1S/C16H25NO2/c18-15(19)16-5-1-2-14(16)9-17(10-16)8-13-7-11-3-4-12(13)6-11/h11-14H,1-10H2,(H,18,19)/t11?,12?,13?,14-,16+/m0/s1. The maximum absolute atomic E-state index is 11.7. The van der Waals surface area contributed by atoms with Crippen LogP contribution in [-0.2, 0) is 4.79 Å². The van der Waals surface area contributed by atoms with Crippen LogP contribution >= 0.6 is 0 Å². The van der Waals surface area contributed by atoms with E-state index >= 15 is 0 Å². The Labute approximate surface area is 115 Å². The summed E-state index contributed by atoms with van der Waals surface area (Å²) in [6.45, 7) is 3.08. The van der Waals surface area contributed by atoms with Crippen molar-refractivity contribution >= 4 is 5.97 Å². The van der Waals surface area contributed by atoms with Gasteiger partial charge in [0.1, 0.15) is 0 Å². The van der Waals surface area contributed by atoms with Gasteiger partial charge in [0.15, 0.2) is 0 Å². The minimum absolute atomic E-state index is 0.377. The van der Waals surface area contributed by atoms with Gasteiger partial charge in [0.05, 0.1) is 5.41 Å². The van der Waals surface area contributed by atoms with Gasteiger partial charge in [0.2, 0.25) is 0 Å². The lowest BCUT2D eigenvalue weighted by atomic mass is 9.81. The molecule has 0 aromatic heterocycles. The van der Waals surface area contributed by atoms with Gasteiger partial charge in [0, 0.05) is 19.6 Å². The van der Waals surface area contributed by atoms with Crippen LogP contribution in [0.1, 0.15) is 44.9 Å². The first-order valence-electron chi connectivity index (χ1n) is 8.13. The number of likely N-dealkylation sites (tertiary alicyclic amines) is 1. The molecule has 3 aliphatic carbocycles. The Bertz CT molecular complexity index is 396. The lowest BCUT2D eigenvalue weighted by molar-refractivity contribution is -0.149. The van der Waals surface area contributed by atoms with E-state index in [9.17, 15) is 9.90 Å². The van der Waals surface area contributed by atoms with E-state index in [1.54, 1.807) is 0 Å². The van der Waals surface area contributed by atoms with Gasteiger partial charge in [-0.25, -0.2) is 0 Å². The van der Waals surface area contributed by atoms with E-state index in [1.165, 1.54) is 32.2 Å². The van der Waals surface area contributed by atoms with Crippen LogP contribution < -0.4 is 0 Å². The highest BCUT2D eigenvalue weighted by atomic mass is 16.4. The summed E-state index contributed by atoms with van der Waals surface area (Å²) in [6, 6.07) is 0. The highest BCUT2D eigenvalue weighted by molar-refractivity contribution is 5.76. The molecule has 1 aliphatic heterocycles.